The molecule has 0 spiro atoms. The van der Waals surface area contributed by atoms with Crippen molar-refractivity contribution in [3.63, 3.8) is 0 Å². The van der Waals surface area contributed by atoms with Crippen LogP contribution in [0.5, 0.6) is 0 Å². The number of fused-ring (bicyclic) bond motifs is 1. The molecule has 0 aliphatic carbocycles. The van der Waals surface area contributed by atoms with Gasteiger partial charge in [-0.25, -0.2) is 0 Å². The molecule has 7 nitrogen and oxygen atoms in total. The van der Waals surface area contributed by atoms with E-state index in [2.05, 4.69) is 10.6 Å². The predicted molar refractivity (Wildman–Crippen MR) is 123 cm³/mol. The highest BCUT2D eigenvalue weighted by Crippen LogP contribution is 2.28. The Kier molecular flexibility index (Phi) is 7.87. The lowest BCUT2D eigenvalue weighted by molar-refractivity contribution is -0.279. The van der Waals surface area contributed by atoms with Crippen LogP contribution in [-0.4, -0.2) is 57.1 Å². The van der Waals surface area contributed by atoms with Crippen LogP contribution in [0, 0.1) is 11.8 Å². The molecule has 0 unspecified atom stereocenters. The number of benzene rings is 2. The van der Waals surface area contributed by atoms with Crippen LogP contribution in [0.4, 0.5) is 0 Å². The first kappa shape index (κ1) is 24.2. The van der Waals surface area contributed by atoms with Gasteiger partial charge in [0.1, 0.15) is 12.6 Å². The molecule has 2 amide bonds. The maximum atomic E-state index is 13.3. The molecule has 1 aliphatic rings. The summed E-state index contributed by atoms with van der Waals surface area (Å²) >= 11 is 0. The Morgan fingerprint density at radius 1 is 1.12 bits per heavy atom. The molecule has 2 aromatic rings. The number of nitrogens with one attached hydrogen (secondary N) is 2. The fourth-order valence-electron chi connectivity index (χ4n) is 4.24. The van der Waals surface area contributed by atoms with Gasteiger partial charge in [-0.1, -0.05) is 51.1 Å². The van der Waals surface area contributed by atoms with Crippen LogP contribution in [-0.2, 0) is 19.0 Å². The fraction of sp³-hybridized carbons (Fsp3) is 0.520. The second-order valence-electron chi connectivity index (χ2n) is 8.92. The second-order valence-corrected chi connectivity index (χ2v) is 8.92. The maximum absolute atomic E-state index is 13.3. The van der Waals surface area contributed by atoms with Crippen LogP contribution in [0.1, 0.15) is 37.6 Å². The van der Waals surface area contributed by atoms with E-state index in [1.807, 2.05) is 57.2 Å². The Morgan fingerprint density at radius 3 is 2.47 bits per heavy atom. The van der Waals surface area contributed by atoms with E-state index in [0.717, 1.165) is 10.8 Å². The van der Waals surface area contributed by atoms with Gasteiger partial charge in [-0.2, -0.15) is 0 Å². The zero-order chi connectivity index (χ0) is 23.3. The Hall–Kier alpha value is -2.48. The molecule has 1 fully saturated rings. The van der Waals surface area contributed by atoms with Crippen molar-refractivity contribution in [3.8, 4) is 0 Å². The molecule has 2 aromatic carbocycles. The van der Waals surface area contributed by atoms with Crippen LogP contribution in [0.15, 0.2) is 42.5 Å². The van der Waals surface area contributed by atoms with E-state index >= 15 is 0 Å². The van der Waals surface area contributed by atoms with Crippen LogP contribution in [0.3, 0.4) is 0 Å². The summed E-state index contributed by atoms with van der Waals surface area (Å²) in [4.78, 5) is 26.3. The smallest absolute Gasteiger partial charge is 0.251 e. The SMILES string of the molecule is COC1(OC)COC[C@H](C)[C@@H]1NC(=O)[C@H](CC(C)C)NC(=O)c1ccc2ccccc2c1. The van der Waals surface area contributed by atoms with Gasteiger partial charge in [0.05, 0.1) is 12.6 Å². The molecular formula is C25H34N2O5. The molecule has 0 radical (unpaired) electrons. The molecule has 1 heterocycles. The van der Waals surface area contributed by atoms with Crippen molar-refractivity contribution in [2.75, 3.05) is 27.4 Å². The molecule has 7 heteroatoms. The van der Waals surface area contributed by atoms with Crippen LogP contribution < -0.4 is 10.6 Å². The first-order valence-electron chi connectivity index (χ1n) is 11.1. The average molecular weight is 443 g/mol. The van der Waals surface area contributed by atoms with Gasteiger partial charge in [0.15, 0.2) is 0 Å². The van der Waals surface area contributed by atoms with Crippen LogP contribution >= 0.6 is 0 Å². The monoisotopic (exact) mass is 442 g/mol. The van der Waals surface area contributed by atoms with Crippen LogP contribution in [0.2, 0.25) is 0 Å². The second kappa shape index (κ2) is 10.4. The summed E-state index contributed by atoms with van der Waals surface area (Å²) < 4.78 is 16.8. The Bertz CT molecular complexity index is 941. The van der Waals surface area contributed by atoms with Crippen molar-refractivity contribution in [2.45, 2.75) is 45.1 Å². The van der Waals surface area contributed by atoms with Crippen molar-refractivity contribution in [1.29, 1.82) is 0 Å². The molecule has 2 N–H and O–H groups in total. The fourth-order valence-corrected chi connectivity index (χ4v) is 4.24. The first-order chi connectivity index (χ1) is 15.3. The number of hydrogen-bond acceptors (Lipinski definition) is 5. The van der Waals surface area contributed by atoms with E-state index in [0.29, 0.717) is 18.6 Å². The topological polar surface area (TPSA) is 85.9 Å². The zero-order valence-corrected chi connectivity index (χ0v) is 19.5. The molecule has 0 bridgehead atoms. The van der Waals surface area contributed by atoms with Gasteiger partial charge in [-0.3, -0.25) is 9.59 Å². The van der Waals surface area contributed by atoms with Crippen molar-refractivity contribution in [1.82, 2.24) is 10.6 Å². The predicted octanol–water partition coefficient (Wildman–Crippen LogP) is 3.12. The largest absolute Gasteiger partial charge is 0.375 e. The van der Waals surface area contributed by atoms with Gasteiger partial charge < -0.3 is 24.8 Å². The van der Waals surface area contributed by atoms with Gasteiger partial charge in [-0.15, -0.1) is 0 Å². The Labute approximate surface area is 189 Å². The normalized spacial score (nSPS) is 21.3. The van der Waals surface area contributed by atoms with E-state index in [1.54, 1.807) is 6.07 Å². The minimum Gasteiger partial charge on any atom is -0.375 e. The third-order valence-corrected chi connectivity index (χ3v) is 6.06. The number of carbonyl (C=O) groups is 2. The highest BCUT2D eigenvalue weighted by molar-refractivity contribution is 6.00. The van der Waals surface area contributed by atoms with Gasteiger partial charge in [-0.05, 0) is 35.2 Å². The summed E-state index contributed by atoms with van der Waals surface area (Å²) in [5, 5.41) is 8.04. The molecule has 3 rings (SSSR count). The van der Waals surface area contributed by atoms with Crippen molar-refractivity contribution in [3.05, 3.63) is 48.0 Å². The molecule has 0 aromatic heterocycles. The number of methoxy groups -OCH3 is 2. The highest BCUT2D eigenvalue weighted by Gasteiger charge is 2.47. The van der Waals surface area contributed by atoms with Gasteiger partial charge in [0.2, 0.25) is 11.7 Å². The van der Waals surface area contributed by atoms with Gasteiger partial charge in [0.25, 0.3) is 5.91 Å². The number of amides is 2. The number of carbonyl (C=O) groups excluding carboxylic acids is 2. The minimum absolute atomic E-state index is 0.0245. The molecule has 0 saturated carbocycles. The maximum Gasteiger partial charge on any atom is 0.251 e. The summed E-state index contributed by atoms with van der Waals surface area (Å²) in [6.45, 7) is 6.72. The molecule has 32 heavy (non-hydrogen) atoms. The number of hydrogen-bond donors (Lipinski definition) is 2. The average Bonchev–Trinajstić information content (AvgIpc) is 2.79. The third-order valence-electron chi connectivity index (χ3n) is 6.06. The molecule has 174 valence electrons. The minimum atomic E-state index is -1.07. The number of rotatable bonds is 8. The van der Waals surface area contributed by atoms with Crippen molar-refractivity contribution >= 4 is 22.6 Å². The van der Waals surface area contributed by atoms with E-state index in [-0.39, 0.29) is 30.3 Å². The summed E-state index contributed by atoms with van der Waals surface area (Å²) in [6, 6.07) is 12.3. The Balaban J connectivity index is 1.78. The molecule has 3 atom stereocenters. The quantitative estimate of drug-likeness (QED) is 0.614. The van der Waals surface area contributed by atoms with E-state index in [1.165, 1.54) is 14.2 Å². The summed E-state index contributed by atoms with van der Waals surface area (Å²) in [5.41, 5.74) is 0.521. The first-order valence-corrected chi connectivity index (χ1v) is 11.1. The lowest BCUT2D eigenvalue weighted by Crippen LogP contribution is -2.65. The lowest BCUT2D eigenvalue weighted by Gasteiger charge is -2.45. The summed E-state index contributed by atoms with van der Waals surface area (Å²) in [7, 11) is 3.08. The zero-order valence-electron chi connectivity index (χ0n) is 19.5. The van der Waals surface area contributed by atoms with Crippen molar-refractivity contribution < 1.29 is 23.8 Å². The van der Waals surface area contributed by atoms with Gasteiger partial charge in [0, 0.05) is 25.7 Å². The van der Waals surface area contributed by atoms with E-state index in [4.69, 9.17) is 14.2 Å². The van der Waals surface area contributed by atoms with Gasteiger partial charge >= 0.3 is 0 Å². The summed E-state index contributed by atoms with van der Waals surface area (Å²) in [5.74, 6) is -1.42. The molecule has 1 aliphatic heterocycles. The Morgan fingerprint density at radius 2 is 1.81 bits per heavy atom. The third kappa shape index (κ3) is 5.28. The molecular weight excluding hydrogens is 408 g/mol. The highest BCUT2D eigenvalue weighted by atomic mass is 16.7. The molecule has 1 saturated heterocycles. The summed E-state index contributed by atoms with van der Waals surface area (Å²) in [6.07, 6.45) is 0.510. The van der Waals surface area contributed by atoms with Crippen molar-refractivity contribution in [2.24, 2.45) is 11.8 Å². The standard InChI is InChI=1S/C25H34N2O5/c1-16(2)12-21(24(29)27-22-17(3)14-32-15-25(22,30-4)31-5)26-23(28)20-11-10-18-8-6-7-9-19(18)13-20/h6-11,13,16-17,21-22H,12,14-15H2,1-5H3,(H,26,28)(H,27,29)/t17-,21-,22-/m0/s1. The number of ether oxygens (including phenoxy) is 3. The van der Waals surface area contributed by atoms with Crippen LogP contribution in [0.25, 0.3) is 10.8 Å². The van der Waals surface area contributed by atoms with E-state index in [9.17, 15) is 9.59 Å². The lowest BCUT2D eigenvalue weighted by atomic mass is 9.91. The van der Waals surface area contributed by atoms with E-state index < -0.39 is 17.9 Å².